The molecule has 1 fully saturated rings. The molecule has 1 saturated heterocycles. The third-order valence-electron chi connectivity index (χ3n) is 5.85. The van der Waals surface area contributed by atoms with Crippen LogP contribution in [0, 0.1) is 0 Å². The van der Waals surface area contributed by atoms with Crippen LogP contribution in [0.3, 0.4) is 0 Å². The molecule has 0 saturated carbocycles. The summed E-state index contributed by atoms with van der Waals surface area (Å²) in [5.74, 6) is 1.00. The van der Waals surface area contributed by atoms with E-state index in [1.165, 1.54) is 0 Å². The number of hydrogen-bond acceptors (Lipinski definition) is 6. The lowest BCUT2D eigenvalue weighted by Gasteiger charge is -2.35. The largest absolute Gasteiger partial charge is 0.493 e. The van der Waals surface area contributed by atoms with Gasteiger partial charge in [-0.2, -0.15) is 5.10 Å². The highest BCUT2D eigenvalue weighted by atomic mass is 16.5. The fraction of sp³-hybridized carbons (Fsp3) is 0.385. The third kappa shape index (κ3) is 5.40. The van der Waals surface area contributed by atoms with Crippen molar-refractivity contribution in [1.82, 2.24) is 20.0 Å². The van der Waals surface area contributed by atoms with E-state index in [-0.39, 0.29) is 18.1 Å². The van der Waals surface area contributed by atoms with Gasteiger partial charge in [-0.25, -0.2) is 4.68 Å². The first-order valence-corrected chi connectivity index (χ1v) is 11.5. The van der Waals surface area contributed by atoms with E-state index in [4.69, 9.17) is 14.2 Å². The van der Waals surface area contributed by atoms with Gasteiger partial charge < -0.3 is 19.5 Å². The summed E-state index contributed by atoms with van der Waals surface area (Å²) in [4.78, 5) is 15.6. The first kappa shape index (κ1) is 23.8. The van der Waals surface area contributed by atoms with Crippen molar-refractivity contribution in [2.24, 2.45) is 0 Å². The minimum Gasteiger partial charge on any atom is -0.493 e. The van der Waals surface area contributed by atoms with Crippen molar-refractivity contribution in [3.63, 3.8) is 0 Å². The Bertz CT molecular complexity index is 1110. The Morgan fingerprint density at radius 2 is 1.76 bits per heavy atom. The zero-order valence-electron chi connectivity index (χ0n) is 20.2. The summed E-state index contributed by atoms with van der Waals surface area (Å²) in [6, 6.07) is 15.3. The number of amides is 1. The Hall–Kier alpha value is -3.36. The number of hydrogen-bond donors (Lipinski definition) is 1. The summed E-state index contributed by atoms with van der Waals surface area (Å²) in [5, 5.41) is 7.69. The number of morpholine rings is 1. The molecule has 0 radical (unpaired) electrons. The predicted molar refractivity (Wildman–Crippen MR) is 131 cm³/mol. The minimum atomic E-state index is -0.214. The topological polar surface area (TPSA) is 77.9 Å². The zero-order valence-corrected chi connectivity index (χ0v) is 20.2. The number of methoxy groups -OCH3 is 2. The normalized spacial score (nSPS) is 18.5. The number of nitrogens with one attached hydrogen (secondary N) is 1. The van der Waals surface area contributed by atoms with Crippen molar-refractivity contribution in [3.8, 4) is 28.3 Å². The van der Waals surface area contributed by atoms with Gasteiger partial charge in [0.05, 0.1) is 32.1 Å². The van der Waals surface area contributed by atoms with Crippen LogP contribution in [0.2, 0.25) is 0 Å². The van der Waals surface area contributed by atoms with Gasteiger partial charge >= 0.3 is 0 Å². The SMILES string of the molecule is COc1ccc(-c2cn(-c3ccccc3)nc2C(=O)NCCN2CC(C)OC(C)C2)cc1OC. The second-order valence-electron chi connectivity index (χ2n) is 8.51. The lowest BCUT2D eigenvalue weighted by atomic mass is 10.1. The number of ether oxygens (including phenoxy) is 3. The Morgan fingerprint density at radius 1 is 1.06 bits per heavy atom. The number of nitrogens with zero attached hydrogens (tertiary/aromatic N) is 3. The van der Waals surface area contributed by atoms with Gasteiger partial charge in [0.15, 0.2) is 17.2 Å². The van der Waals surface area contributed by atoms with Crippen molar-refractivity contribution in [3.05, 3.63) is 60.4 Å². The van der Waals surface area contributed by atoms with Crippen LogP contribution in [-0.2, 0) is 4.74 Å². The van der Waals surface area contributed by atoms with Crippen molar-refractivity contribution in [2.75, 3.05) is 40.4 Å². The molecule has 3 aromatic rings. The summed E-state index contributed by atoms with van der Waals surface area (Å²) in [6.45, 7) is 7.16. The highest BCUT2D eigenvalue weighted by Crippen LogP contribution is 2.34. The molecule has 0 bridgehead atoms. The molecular formula is C26H32N4O4. The number of carbonyl (C=O) groups excluding carboxylic acids is 1. The Morgan fingerprint density at radius 3 is 2.44 bits per heavy atom. The maximum absolute atomic E-state index is 13.2. The standard InChI is InChI=1S/C26H32N4O4/c1-18-15-29(16-19(2)34-18)13-12-27-26(31)25-22(17-30(28-25)21-8-6-5-7-9-21)20-10-11-23(32-3)24(14-20)33-4/h5-11,14,17-19H,12-13,15-16H2,1-4H3,(H,27,31). The lowest BCUT2D eigenvalue weighted by molar-refractivity contribution is -0.0672. The first-order valence-electron chi connectivity index (χ1n) is 11.5. The van der Waals surface area contributed by atoms with Gasteiger partial charge in [-0.1, -0.05) is 24.3 Å². The lowest BCUT2D eigenvalue weighted by Crippen LogP contribution is -2.47. The molecule has 1 aliphatic heterocycles. The van der Waals surface area contributed by atoms with E-state index in [1.54, 1.807) is 18.9 Å². The molecule has 1 aromatic heterocycles. The Balaban J connectivity index is 1.58. The van der Waals surface area contributed by atoms with E-state index in [0.717, 1.165) is 36.4 Å². The Labute approximate surface area is 200 Å². The molecule has 1 N–H and O–H groups in total. The van der Waals surface area contributed by atoms with E-state index in [2.05, 4.69) is 29.2 Å². The van der Waals surface area contributed by atoms with Crippen LogP contribution in [0.15, 0.2) is 54.7 Å². The summed E-state index contributed by atoms with van der Waals surface area (Å²) in [7, 11) is 3.19. The summed E-state index contributed by atoms with van der Waals surface area (Å²) >= 11 is 0. The smallest absolute Gasteiger partial charge is 0.272 e. The number of para-hydroxylation sites is 1. The third-order valence-corrected chi connectivity index (χ3v) is 5.85. The molecule has 8 nitrogen and oxygen atoms in total. The van der Waals surface area contributed by atoms with Crippen LogP contribution in [-0.4, -0.2) is 73.2 Å². The van der Waals surface area contributed by atoms with Crippen LogP contribution < -0.4 is 14.8 Å². The molecular weight excluding hydrogens is 432 g/mol. The van der Waals surface area contributed by atoms with E-state index in [1.807, 2.05) is 54.7 Å². The van der Waals surface area contributed by atoms with Gasteiger partial charge in [-0.05, 0) is 43.7 Å². The number of carbonyl (C=O) groups is 1. The number of aromatic nitrogens is 2. The van der Waals surface area contributed by atoms with E-state index < -0.39 is 0 Å². The molecule has 0 spiro atoms. The Kier molecular flexibility index (Phi) is 7.49. The van der Waals surface area contributed by atoms with Gasteiger partial charge in [0.1, 0.15) is 0 Å². The van der Waals surface area contributed by atoms with Crippen molar-refractivity contribution < 1.29 is 19.0 Å². The summed E-state index contributed by atoms with van der Waals surface area (Å²) < 4.78 is 18.4. The summed E-state index contributed by atoms with van der Waals surface area (Å²) in [6.07, 6.45) is 2.26. The van der Waals surface area contributed by atoms with Gasteiger partial charge in [0, 0.05) is 37.9 Å². The molecule has 1 amide bonds. The van der Waals surface area contributed by atoms with Crippen LogP contribution in [0.4, 0.5) is 0 Å². The van der Waals surface area contributed by atoms with Crippen LogP contribution in [0.25, 0.3) is 16.8 Å². The molecule has 34 heavy (non-hydrogen) atoms. The van der Waals surface area contributed by atoms with Gasteiger partial charge in [-0.3, -0.25) is 9.69 Å². The second-order valence-corrected chi connectivity index (χ2v) is 8.51. The minimum absolute atomic E-state index is 0.192. The van der Waals surface area contributed by atoms with Crippen LogP contribution in [0.5, 0.6) is 11.5 Å². The monoisotopic (exact) mass is 464 g/mol. The molecule has 8 heteroatoms. The van der Waals surface area contributed by atoms with Gasteiger partial charge in [-0.15, -0.1) is 0 Å². The van der Waals surface area contributed by atoms with E-state index in [0.29, 0.717) is 23.7 Å². The number of benzene rings is 2. The van der Waals surface area contributed by atoms with Crippen LogP contribution >= 0.6 is 0 Å². The fourth-order valence-electron chi connectivity index (χ4n) is 4.35. The molecule has 2 atom stereocenters. The molecule has 4 rings (SSSR count). The van der Waals surface area contributed by atoms with E-state index >= 15 is 0 Å². The second kappa shape index (κ2) is 10.7. The average Bonchev–Trinajstić information content (AvgIpc) is 3.29. The molecule has 180 valence electrons. The maximum atomic E-state index is 13.2. The molecule has 2 heterocycles. The number of rotatable bonds is 8. The van der Waals surface area contributed by atoms with E-state index in [9.17, 15) is 4.79 Å². The first-order chi connectivity index (χ1) is 16.5. The quantitative estimate of drug-likeness (QED) is 0.551. The van der Waals surface area contributed by atoms with Crippen molar-refractivity contribution >= 4 is 5.91 Å². The predicted octanol–water partition coefficient (Wildman–Crippen LogP) is 3.40. The summed E-state index contributed by atoms with van der Waals surface area (Å²) in [5.41, 5.74) is 2.77. The maximum Gasteiger partial charge on any atom is 0.272 e. The van der Waals surface area contributed by atoms with Crippen LogP contribution in [0.1, 0.15) is 24.3 Å². The average molecular weight is 465 g/mol. The highest BCUT2D eigenvalue weighted by molar-refractivity contribution is 5.99. The highest BCUT2D eigenvalue weighted by Gasteiger charge is 2.23. The van der Waals surface area contributed by atoms with Gasteiger partial charge in [0.25, 0.3) is 5.91 Å². The van der Waals surface area contributed by atoms with Crippen molar-refractivity contribution in [2.45, 2.75) is 26.1 Å². The molecule has 0 aliphatic carbocycles. The molecule has 1 aliphatic rings. The van der Waals surface area contributed by atoms with Crippen molar-refractivity contribution in [1.29, 1.82) is 0 Å². The zero-order chi connectivity index (χ0) is 24.1. The van der Waals surface area contributed by atoms with Gasteiger partial charge in [0.2, 0.25) is 0 Å². The fourth-order valence-corrected chi connectivity index (χ4v) is 4.35. The molecule has 2 unspecified atom stereocenters. The molecule has 2 aromatic carbocycles.